The number of ether oxygens (including phenoxy) is 1. The van der Waals surface area contributed by atoms with Crippen LogP contribution in [0.5, 0.6) is 0 Å². The second-order valence-corrected chi connectivity index (χ2v) is 4.46. The Kier molecular flexibility index (Phi) is 5.56. The smallest absolute Gasteiger partial charge is 0.317 e. The Labute approximate surface area is 110 Å². The lowest BCUT2D eigenvalue weighted by molar-refractivity contribution is -0.142. The summed E-state index contributed by atoms with van der Waals surface area (Å²) in [7, 11) is 1.53. The third kappa shape index (κ3) is 4.40. The van der Waals surface area contributed by atoms with Crippen LogP contribution in [0.4, 0.5) is 4.79 Å². The van der Waals surface area contributed by atoms with Crippen LogP contribution >= 0.6 is 0 Å². The van der Waals surface area contributed by atoms with Gasteiger partial charge in [0.2, 0.25) is 5.91 Å². The number of hydrogen-bond donors (Lipinski definition) is 3. The number of rotatable bonds is 6. The van der Waals surface area contributed by atoms with Gasteiger partial charge >= 0.3 is 12.0 Å². The molecular weight excluding hydrogens is 254 g/mol. The van der Waals surface area contributed by atoms with Crippen molar-refractivity contribution in [3.8, 4) is 0 Å². The monoisotopic (exact) mass is 273 g/mol. The van der Waals surface area contributed by atoms with Crippen molar-refractivity contribution in [2.75, 3.05) is 26.8 Å². The van der Waals surface area contributed by atoms with Crippen LogP contribution in [0.3, 0.4) is 0 Å². The number of carboxylic acids is 1. The topological polar surface area (TPSA) is 122 Å². The zero-order valence-corrected chi connectivity index (χ0v) is 10.8. The number of urea groups is 1. The number of carboxylic acid groups (broad SMARTS) is 1. The van der Waals surface area contributed by atoms with Gasteiger partial charge in [-0.25, -0.2) is 4.79 Å². The average Bonchev–Trinajstić information content (AvgIpc) is 2.82. The maximum atomic E-state index is 11.8. The van der Waals surface area contributed by atoms with Gasteiger partial charge in [-0.3, -0.25) is 9.59 Å². The highest BCUT2D eigenvalue weighted by Crippen LogP contribution is 2.18. The Balaban J connectivity index is 2.39. The summed E-state index contributed by atoms with van der Waals surface area (Å²) in [6.45, 7) is 0.638. The van der Waals surface area contributed by atoms with Crippen LogP contribution < -0.4 is 11.1 Å². The molecule has 0 saturated carbocycles. The van der Waals surface area contributed by atoms with E-state index in [2.05, 4.69) is 5.32 Å². The molecule has 1 fully saturated rings. The van der Waals surface area contributed by atoms with Gasteiger partial charge in [0.1, 0.15) is 5.92 Å². The Morgan fingerprint density at radius 2 is 2.11 bits per heavy atom. The minimum atomic E-state index is -0.976. The SMILES string of the molecule is CN(C(=O)NCCCC(N)=O)C1COCC1C(=O)O. The lowest BCUT2D eigenvalue weighted by Crippen LogP contribution is -2.48. The van der Waals surface area contributed by atoms with E-state index in [-0.39, 0.29) is 25.7 Å². The van der Waals surface area contributed by atoms with Gasteiger partial charge in [0.25, 0.3) is 0 Å². The molecule has 1 heterocycles. The van der Waals surface area contributed by atoms with Crippen LogP contribution in [0.25, 0.3) is 0 Å². The molecule has 2 atom stereocenters. The summed E-state index contributed by atoms with van der Waals surface area (Å²) in [6, 6.07) is -0.861. The minimum Gasteiger partial charge on any atom is -0.481 e. The molecule has 0 aromatic heterocycles. The minimum absolute atomic E-state index is 0.110. The maximum absolute atomic E-state index is 11.8. The van der Waals surface area contributed by atoms with Crippen molar-refractivity contribution in [3.63, 3.8) is 0 Å². The molecule has 0 bridgehead atoms. The van der Waals surface area contributed by atoms with Gasteiger partial charge in [0, 0.05) is 20.0 Å². The van der Waals surface area contributed by atoms with E-state index in [1.807, 2.05) is 0 Å². The molecule has 8 nitrogen and oxygen atoms in total. The standard InChI is InChI=1S/C11H19N3O5/c1-14(8-6-19-5-7(8)10(16)17)11(18)13-4-2-3-9(12)15/h7-8H,2-6H2,1H3,(H2,12,15)(H,13,18)(H,16,17). The second-order valence-electron chi connectivity index (χ2n) is 4.46. The molecule has 0 aromatic carbocycles. The van der Waals surface area contributed by atoms with E-state index in [4.69, 9.17) is 15.6 Å². The number of primary amides is 1. The van der Waals surface area contributed by atoms with Crippen molar-refractivity contribution in [1.29, 1.82) is 0 Å². The summed E-state index contributed by atoms with van der Waals surface area (Å²) in [5.74, 6) is -2.10. The van der Waals surface area contributed by atoms with Gasteiger partial charge < -0.3 is 25.8 Å². The molecule has 0 aromatic rings. The summed E-state index contributed by atoms with van der Waals surface area (Å²) in [5.41, 5.74) is 4.98. The fourth-order valence-electron chi connectivity index (χ4n) is 1.89. The first-order valence-electron chi connectivity index (χ1n) is 6.03. The zero-order chi connectivity index (χ0) is 14.4. The molecule has 2 unspecified atom stereocenters. The highest BCUT2D eigenvalue weighted by molar-refractivity contribution is 5.77. The first-order valence-corrected chi connectivity index (χ1v) is 6.03. The van der Waals surface area contributed by atoms with Crippen molar-refractivity contribution >= 4 is 17.9 Å². The molecule has 0 spiro atoms. The predicted octanol–water partition coefficient (Wildman–Crippen LogP) is -1.01. The molecule has 0 aliphatic carbocycles. The number of nitrogens with one attached hydrogen (secondary N) is 1. The molecule has 1 rings (SSSR count). The number of amides is 3. The van der Waals surface area contributed by atoms with Gasteiger partial charge in [-0.2, -0.15) is 0 Å². The number of likely N-dealkylation sites (N-methyl/N-ethyl adjacent to an activating group) is 1. The molecule has 108 valence electrons. The fraction of sp³-hybridized carbons (Fsp3) is 0.727. The van der Waals surface area contributed by atoms with Crippen LogP contribution in [-0.4, -0.2) is 60.8 Å². The normalized spacial score (nSPS) is 21.9. The van der Waals surface area contributed by atoms with Crippen LogP contribution in [0.2, 0.25) is 0 Å². The van der Waals surface area contributed by atoms with Crippen molar-refractivity contribution in [3.05, 3.63) is 0 Å². The second kappa shape index (κ2) is 6.93. The number of carbonyl (C=O) groups excluding carboxylic acids is 2. The number of aliphatic carboxylic acids is 1. The van der Waals surface area contributed by atoms with Gasteiger partial charge in [-0.05, 0) is 6.42 Å². The van der Waals surface area contributed by atoms with E-state index in [1.165, 1.54) is 11.9 Å². The van der Waals surface area contributed by atoms with Gasteiger partial charge in [0.05, 0.1) is 19.3 Å². The van der Waals surface area contributed by atoms with Gasteiger partial charge in [-0.1, -0.05) is 0 Å². The largest absolute Gasteiger partial charge is 0.481 e. The highest BCUT2D eigenvalue weighted by Gasteiger charge is 2.38. The van der Waals surface area contributed by atoms with Crippen molar-refractivity contribution in [2.45, 2.75) is 18.9 Å². The molecule has 1 aliphatic rings. The highest BCUT2D eigenvalue weighted by atomic mass is 16.5. The molecule has 3 amide bonds. The zero-order valence-electron chi connectivity index (χ0n) is 10.8. The first-order chi connectivity index (χ1) is 8.93. The average molecular weight is 273 g/mol. The quantitative estimate of drug-likeness (QED) is 0.535. The van der Waals surface area contributed by atoms with Crippen LogP contribution in [0, 0.1) is 5.92 Å². The molecule has 4 N–H and O–H groups in total. The third-order valence-corrected chi connectivity index (χ3v) is 3.06. The van der Waals surface area contributed by atoms with E-state index in [0.29, 0.717) is 13.0 Å². The molecule has 8 heteroatoms. The predicted molar refractivity (Wildman–Crippen MR) is 65.3 cm³/mol. The lowest BCUT2D eigenvalue weighted by atomic mass is 10.0. The number of nitrogens with two attached hydrogens (primary N) is 1. The van der Waals surface area contributed by atoms with Crippen LogP contribution in [0.1, 0.15) is 12.8 Å². The Bertz CT molecular complexity index is 360. The first kappa shape index (κ1) is 15.2. The number of hydrogen-bond acceptors (Lipinski definition) is 4. The van der Waals surface area contributed by atoms with Crippen LogP contribution in [-0.2, 0) is 14.3 Å². The summed E-state index contributed by atoms with van der Waals surface area (Å²) in [5, 5.41) is 11.6. The Morgan fingerprint density at radius 1 is 1.42 bits per heavy atom. The maximum Gasteiger partial charge on any atom is 0.317 e. The molecule has 1 saturated heterocycles. The van der Waals surface area contributed by atoms with Crippen molar-refractivity contribution in [2.24, 2.45) is 11.7 Å². The van der Waals surface area contributed by atoms with Crippen LogP contribution in [0.15, 0.2) is 0 Å². The Hall–Kier alpha value is -1.83. The lowest BCUT2D eigenvalue weighted by Gasteiger charge is -2.26. The summed E-state index contributed by atoms with van der Waals surface area (Å²) < 4.78 is 5.10. The third-order valence-electron chi connectivity index (χ3n) is 3.06. The molecule has 0 radical (unpaired) electrons. The number of carbonyl (C=O) groups is 3. The summed E-state index contributed by atoms with van der Waals surface area (Å²) in [4.78, 5) is 34.6. The Morgan fingerprint density at radius 3 is 2.68 bits per heavy atom. The van der Waals surface area contributed by atoms with E-state index in [9.17, 15) is 14.4 Å². The van der Waals surface area contributed by atoms with E-state index in [0.717, 1.165) is 0 Å². The number of nitrogens with zero attached hydrogens (tertiary/aromatic N) is 1. The van der Waals surface area contributed by atoms with E-state index >= 15 is 0 Å². The van der Waals surface area contributed by atoms with Crippen molar-refractivity contribution < 1.29 is 24.2 Å². The van der Waals surface area contributed by atoms with E-state index in [1.54, 1.807) is 0 Å². The fourth-order valence-corrected chi connectivity index (χ4v) is 1.89. The molecule has 1 aliphatic heterocycles. The van der Waals surface area contributed by atoms with Gasteiger partial charge in [-0.15, -0.1) is 0 Å². The van der Waals surface area contributed by atoms with Crippen molar-refractivity contribution in [1.82, 2.24) is 10.2 Å². The summed E-state index contributed by atoms with van der Waals surface area (Å²) >= 11 is 0. The van der Waals surface area contributed by atoms with Gasteiger partial charge in [0.15, 0.2) is 0 Å². The molecule has 19 heavy (non-hydrogen) atoms. The molecular formula is C11H19N3O5. The van der Waals surface area contributed by atoms with E-state index < -0.39 is 23.8 Å². The summed E-state index contributed by atoms with van der Waals surface area (Å²) in [6.07, 6.45) is 0.659.